The van der Waals surface area contributed by atoms with Crippen molar-refractivity contribution in [2.24, 2.45) is 0 Å². The van der Waals surface area contributed by atoms with Crippen LogP contribution in [0.15, 0.2) is 0 Å². The molecule has 0 spiro atoms. The Labute approximate surface area is 120 Å². The van der Waals surface area contributed by atoms with Gasteiger partial charge in [-0.25, -0.2) is 9.52 Å². The third kappa shape index (κ3) is 3.62. The van der Waals surface area contributed by atoms with Gasteiger partial charge in [-0.2, -0.15) is 12.7 Å². The van der Waals surface area contributed by atoms with Crippen molar-refractivity contribution >= 4 is 16.3 Å². The highest BCUT2D eigenvalue weighted by Crippen LogP contribution is 2.26. The fraction of sp³-hybridized carbons (Fsp3) is 0.917. The zero-order valence-corrected chi connectivity index (χ0v) is 12.6. The SMILES string of the molecule is CCOC(=O)NS(=O)(=O)N1CCCCC1C1CCCN1. The molecular formula is C12H23N3O4S. The van der Waals surface area contributed by atoms with Crippen molar-refractivity contribution in [1.82, 2.24) is 14.3 Å². The van der Waals surface area contributed by atoms with Crippen LogP contribution in [0.25, 0.3) is 0 Å². The number of hydrogen-bond acceptors (Lipinski definition) is 5. The molecule has 1 amide bonds. The van der Waals surface area contributed by atoms with Crippen LogP contribution < -0.4 is 10.0 Å². The summed E-state index contributed by atoms with van der Waals surface area (Å²) >= 11 is 0. The van der Waals surface area contributed by atoms with Gasteiger partial charge >= 0.3 is 16.3 Å². The zero-order valence-electron chi connectivity index (χ0n) is 11.8. The van der Waals surface area contributed by atoms with E-state index in [0.717, 1.165) is 38.6 Å². The Hall–Kier alpha value is -0.860. The monoisotopic (exact) mass is 305 g/mol. The van der Waals surface area contributed by atoms with Gasteiger partial charge in [-0.05, 0) is 39.2 Å². The summed E-state index contributed by atoms with van der Waals surface area (Å²) < 4.78 is 32.7. The first-order valence-electron chi connectivity index (χ1n) is 7.24. The maximum atomic E-state index is 12.3. The number of piperidine rings is 1. The van der Waals surface area contributed by atoms with Gasteiger partial charge in [-0.3, -0.25) is 0 Å². The van der Waals surface area contributed by atoms with E-state index in [4.69, 9.17) is 0 Å². The molecule has 0 saturated carbocycles. The van der Waals surface area contributed by atoms with E-state index in [0.29, 0.717) is 6.54 Å². The minimum atomic E-state index is -3.82. The molecule has 2 rings (SSSR count). The molecule has 2 unspecified atom stereocenters. The molecule has 0 radical (unpaired) electrons. The van der Waals surface area contributed by atoms with Crippen LogP contribution in [-0.4, -0.2) is 50.6 Å². The van der Waals surface area contributed by atoms with Crippen molar-refractivity contribution in [2.75, 3.05) is 19.7 Å². The van der Waals surface area contributed by atoms with Crippen LogP contribution in [0, 0.1) is 0 Å². The van der Waals surface area contributed by atoms with Gasteiger partial charge in [0.2, 0.25) is 0 Å². The van der Waals surface area contributed by atoms with E-state index >= 15 is 0 Å². The number of rotatable bonds is 4. The molecule has 2 N–H and O–H groups in total. The van der Waals surface area contributed by atoms with Gasteiger partial charge in [-0.1, -0.05) is 6.42 Å². The summed E-state index contributed by atoms with van der Waals surface area (Å²) in [6.07, 6.45) is 3.83. The minimum absolute atomic E-state index is 0.0711. The lowest BCUT2D eigenvalue weighted by molar-refractivity contribution is 0.156. The smallest absolute Gasteiger partial charge is 0.421 e. The first kappa shape index (κ1) is 15.5. The standard InChI is InChI=1S/C12H23N3O4S/c1-2-19-12(16)14-20(17,18)15-9-4-3-7-11(15)10-6-5-8-13-10/h10-11,13H,2-9H2,1H3,(H,14,16). The van der Waals surface area contributed by atoms with Crippen molar-refractivity contribution in [1.29, 1.82) is 0 Å². The Kier molecular flexibility index (Phi) is 5.22. The van der Waals surface area contributed by atoms with E-state index in [2.05, 4.69) is 10.1 Å². The Morgan fingerprint density at radius 3 is 2.80 bits per heavy atom. The Bertz CT molecular complexity index is 434. The maximum Gasteiger partial charge on any atom is 0.421 e. The highest BCUT2D eigenvalue weighted by molar-refractivity contribution is 7.87. The van der Waals surface area contributed by atoms with E-state index in [-0.39, 0.29) is 18.7 Å². The molecule has 20 heavy (non-hydrogen) atoms. The number of carbonyl (C=O) groups excluding carboxylic acids is 1. The lowest BCUT2D eigenvalue weighted by atomic mass is 9.97. The molecule has 2 fully saturated rings. The molecule has 116 valence electrons. The average Bonchev–Trinajstić information content (AvgIpc) is 2.92. The predicted octanol–water partition coefficient (Wildman–Crippen LogP) is 0.584. The Morgan fingerprint density at radius 1 is 1.35 bits per heavy atom. The maximum absolute atomic E-state index is 12.3. The topological polar surface area (TPSA) is 87.7 Å². The van der Waals surface area contributed by atoms with Crippen LogP contribution in [0.4, 0.5) is 4.79 Å². The van der Waals surface area contributed by atoms with Gasteiger partial charge in [0.25, 0.3) is 0 Å². The molecule has 8 heteroatoms. The van der Waals surface area contributed by atoms with Crippen LogP contribution in [0.3, 0.4) is 0 Å². The molecule has 2 atom stereocenters. The number of nitrogens with one attached hydrogen (secondary N) is 2. The third-order valence-corrected chi connectivity index (χ3v) is 5.35. The predicted molar refractivity (Wildman–Crippen MR) is 74.4 cm³/mol. The van der Waals surface area contributed by atoms with Crippen LogP contribution in [-0.2, 0) is 14.9 Å². The van der Waals surface area contributed by atoms with Gasteiger partial charge < -0.3 is 10.1 Å². The van der Waals surface area contributed by atoms with E-state index < -0.39 is 16.3 Å². The fourth-order valence-corrected chi connectivity index (χ4v) is 4.36. The summed E-state index contributed by atoms with van der Waals surface area (Å²) in [4.78, 5) is 11.4. The van der Waals surface area contributed by atoms with Gasteiger partial charge in [0.15, 0.2) is 0 Å². The lowest BCUT2D eigenvalue weighted by Crippen LogP contribution is -2.56. The number of nitrogens with zero attached hydrogens (tertiary/aromatic N) is 1. The van der Waals surface area contributed by atoms with Gasteiger partial charge in [0, 0.05) is 18.6 Å². The van der Waals surface area contributed by atoms with Gasteiger partial charge in [0.1, 0.15) is 0 Å². The summed E-state index contributed by atoms with van der Waals surface area (Å²) in [5.74, 6) is 0. The first-order valence-corrected chi connectivity index (χ1v) is 8.68. The molecule has 0 aromatic heterocycles. The third-order valence-electron chi connectivity index (χ3n) is 3.86. The molecule has 2 aliphatic rings. The Morgan fingerprint density at radius 2 is 2.15 bits per heavy atom. The minimum Gasteiger partial charge on any atom is -0.449 e. The molecule has 7 nitrogen and oxygen atoms in total. The number of carbonyl (C=O) groups is 1. The average molecular weight is 305 g/mol. The number of ether oxygens (including phenoxy) is 1. The second kappa shape index (κ2) is 6.73. The lowest BCUT2D eigenvalue weighted by Gasteiger charge is -2.37. The summed E-state index contributed by atoms with van der Waals surface area (Å²) in [5.41, 5.74) is 0. The largest absolute Gasteiger partial charge is 0.449 e. The summed E-state index contributed by atoms with van der Waals surface area (Å²) in [5, 5.41) is 3.36. The molecule has 0 aromatic rings. The molecule has 0 aliphatic carbocycles. The van der Waals surface area contributed by atoms with Gasteiger partial charge in [-0.15, -0.1) is 0 Å². The normalized spacial score (nSPS) is 28.2. The van der Waals surface area contributed by atoms with Crippen molar-refractivity contribution < 1.29 is 17.9 Å². The number of amides is 1. The van der Waals surface area contributed by atoms with Crippen molar-refractivity contribution in [3.63, 3.8) is 0 Å². The van der Waals surface area contributed by atoms with E-state index in [1.165, 1.54) is 4.31 Å². The molecule has 2 heterocycles. The summed E-state index contributed by atoms with van der Waals surface area (Å²) in [6.45, 7) is 3.17. The van der Waals surface area contributed by atoms with Crippen LogP contribution in [0.5, 0.6) is 0 Å². The summed E-state index contributed by atoms with van der Waals surface area (Å²) in [7, 11) is -3.82. The van der Waals surface area contributed by atoms with E-state index in [9.17, 15) is 13.2 Å². The molecule has 2 aliphatic heterocycles. The zero-order chi connectivity index (χ0) is 14.6. The fourth-order valence-electron chi connectivity index (χ4n) is 3.00. The highest BCUT2D eigenvalue weighted by Gasteiger charge is 2.38. The first-order chi connectivity index (χ1) is 9.54. The Balaban J connectivity index is 2.07. The quantitative estimate of drug-likeness (QED) is 0.793. The second-order valence-corrected chi connectivity index (χ2v) is 6.83. The molecule has 0 bridgehead atoms. The van der Waals surface area contributed by atoms with Crippen molar-refractivity contribution in [2.45, 2.75) is 51.1 Å². The number of hydrogen-bond donors (Lipinski definition) is 2. The van der Waals surface area contributed by atoms with Crippen LogP contribution in [0.2, 0.25) is 0 Å². The van der Waals surface area contributed by atoms with Crippen molar-refractivity contribution in [3.8, 4) is 0 Å². The van der Waals surface area contributed by atoms with E-state index in [1.807, 2.05) is 4.72 Å². The molecular weight excluding hydrogens is 282 g/mol. The van der Waals surface area contributed by atoms with Gasteiger partial charge in [0.05, 0.1) is 6.61 Å². The second-order valence-electron chi connectivity index (χ2n) is 5.20. The molecule has 2 saturated heterocycles. The van der Waals surface area contributed by atoms with E-state index in [1.54, 1.807) is 6.92 Å². The van der Waals surface area contributed by atoms with Crippen molar-refractivity contribution in [3.05, 3.63) is 0 Å². The summed E-state index contributed by atoms with van der Waals surface area (Å²) in [6, 6.07) is 0.118. The molecule has 0 aromatic carbocycles. The highest BCUT2D eigenvalue weighted by atomic mass is 32.2. The van der Waals surface area contributed by atoms with Crippen LogP contribution in [0.1, 0.15) is 39.0 Å². The van der Waals surface area contributed by atoms with Crippen LogP contribution >= 0.6 is 0 Å².